The predicted octanol–water partition coefficient (Wildman–Crippen LogP) is 4.93. The maximum Gasteiger partial charge on any atom is 0.327 e. The molecule has 300 valence electrons. The van der Waals surface area contributed by atoms with Crippen LogP contribution in [0.5, 0.6) is 5.75 Å². The molecule has 3 saturated heterocycles. The highest BCUT2D eigenvalue weighted by atomic mass is 19.1. The van der Waals surface area contributed by atoms with Crippen molar-refractivity contribution in [2.45, 2.75) is 51.2 Å². The number of piperazine rings is 1. The van der Waals surface area contributed by atoms with Crippen molar-refractivity contribution in [3.63, 3.8) is 0 Å². The zero-order chi connectivity index (χ0) is 39.7. The van der Waals surface area contributed by atoms with Gasteiger partial charge in [-0.3, -0.25) is 14.9 Å². The molecule has 3 aliphatic heterocycles. The zero-order valence-electron chi connectivity index (χ0n) is 32.5. The smallest absolute Gasteiger partial charge is 0.327 e. The Bertz CT molecular complexity index is 2520. The number of fused-ring (bicyclic) bond motifs is 3. The third-order valence-corrected chi connectivity index (χ3v) is 12.2. The van der Waals surface area contributed by atoms with E-state index in [2.05, 4.69) is 42.6 Å². The lowest BCUT2D eigenvalue weighted by atomic mass is 9.93. The number of rotatable bonds is 8. The highest BCUT2D eigenvalue weighted by Gasteiger charge is 2.40. The number of hydrogen-bond donors (Lipinski definition) is 2. The monoisotopic (exact) mass is 784 g/mol. The maximum atomic E-state index is 16.2. The summed E-state index contributed by atoms with van der Waals surface area (Å²) >= 11 is 0. The number of anilines is 4. The molecule has 1 saturated carbocycles. The molecule has 2 aromatic carbocycles. The van der Waals surface area contributed by atoms with E-state index in [0.29, 0.717) is 72.8 Å². The molecule has 0 bridgehead atoms. The molecular formula is C40H46F2N10O5. The number of ether oxygens (including phenoxy) is 1. The van der Waals surface area contributed by atoms with E-state index in [1.165, 1.54) is 25.4 Å². The highest BCUT2D eigenvalue weighted by Crippen LogP contribution is 2.46. The zero-order valence-corrected chi connectivity index (χ0v) is 32.5. The molecule has 15 nitrogen and oxygen atoms in total. The molecule has 5 aromatic rings. The van der Waals surface area contributed by atoms with E-state index >= 15 is 8.78 Å². The van der Waals surface area contributed by atoms with Gasteiger partial charge in [-0.05, 0) is 77.4 Å². The quantitative estimate of drug-likeness (QED) is 0.221. The van der Waals surface area contributed by atoms with E-state index < -0.39 is 28.5 Å². The number of halogens is 2. The average molecular weight is 785 g/mol. The van der Waals surface area contributed by atoms with Gasteiger partial charge in [0.1, 0.15) is 22.8 Å². The molecule has 1 aliphatic carbocycles. The molecule has 6 heterocycles. The second kappa shape index (κ2) is 14.4. The number of benzene rings is 2. The molecule has 2 atom stereocenters. The normalized spacial score (nSPS) is 20.4. The minimum absolute atomic E-state index is 0.0386. The summed E-state index contributed by atoms with van der Waals surface area (Å²) in [5.74, 6) is -0.490. The summed E-state index contributed by atoms with van der Waals surface area (Å²) in [4.78, 5) is 49.4. The lowest BCUT2D eigenvalue weighted by Gasteiger charge is -2.34. The van der Waals surface area contributed by atoms with Crippen molar-refractivity contribution in [1.82, 2.24) is 29.1 Å². The van der Waals surface area contributed by atoms with Gasteiger partial charge in [0.05, 0.1) is 34.6 Å². The first-order valence-electron chi connectivity index (χ1n) is 19.7. The standard InChI is InChI=1S/C40H46F2N10O5/c1-5-49-20-29(36(54)24-15-27(41)31(17-30(24)49)50-13-11-47(2)12-14-50)43-39(55)44-40-46-45-38(57-40)26-19-52(23-8-9-23)33-25(35(26)53)16-28(42)34(37(33)56-4)51-18-22-7-6-10-48(3)32(22)21-51/h15-17,19-20,22-23,32H,5-14,18,21H2,1-4H3,(H2,43,44,46,55). The summed E-state index contributed by atoms with van der Waals surface area (Å²) in [6.45, 7) is 7.65. The van der Waals surface area contributed by atoms with Crippen molar-refractivity contribution in [2.24, 2.45) is 5.92 Å². The van der Waals surface area contributed by atoms with Crippen LogP contribution in [-0.2, 0) is 6.54 Å². The molecule has 0 spiro atoms. The number of piperidine rings is 1. The van der Waals surface area contributed by atoms with Crippen molar-refractivity contribution in [3.05, 3.63) is 62.7 Å². The van der Waals surface area contributed by atoms with Gasteiger partial charge in [0.25, 0.3) is 5.89 Å². The number of nitrogens with one attached hydrogen (secondary N) is 2. The Morgan fingerprint density at radius 2 is 1.68 bits per heavy atom. The van der Waals surface area contributed by atoms with Crippen molar-refractivity contribution in [3.8, 4) is 17.2 Å². The Morgan fingerprint density at radius 1 is 0.912 bits per heavy atom. The number of carbonyl (C=O) groups excluding carboxylic acids is 1. The van der Waals surface area contributed by atoms with Crippen LogP contribution >= 0.6 is 0 Å². The second-order valence-electron chi connectivity index (χ2n) is 15.8. The number of methoxy groups -OCH3 is 1. The van der Waals surface area contributed by atoms with Crippen LogP contribution in [0, 0.1) is 17.6 Å². The first-order chi connectivity index (χ1) is 27.5. The van der Waals surface area contributed by atoms with Gasteiger partial charge in [-0.25, -0.2) is 13.6 Å². The molecule has 17 heteroatoms. The number of pyridine rings is 2. The minimum atomic E-state index is -0.861. The van der Waals surface area contributed by atoms with E-state index in [-0.39, 0.29) is 40.0 Å². The van der Waals surface area contributed by atoms with Crippen molar-refractivity contribution in [1.29, 1.82) is 0 Å². The van der Waals surface area contributed by atoms with Crippen LogP contribution in [0.4, 0.5) is 36.7 Å². The van der Waals surface area contributed by atoms with Gasteiger partial charge < -0.3 is 43.2 Å². The number of hydrogen-bond acceptors (Lipinski definition) is 11. The van der Waals surface area contributed by atoms with Crippen LogP contribution in [0.15, 0.2) is 44.6 Å². The number of likely N-dealkylation sites (N-methyl/N-ethyl adjacent to an activating group) is 2. The van der Waals surface area contributed by atoms with E-state index in [0.717, 1.165) is 45.3 Å². The van der Waals surface area contributed by atoms with Crippen LogP contribution in [0.2, 0.25) is 0 Å². The van der Waals surface area contributed by atoms with Gasteiger partial charge in [0.15, 0.2) is 11.6 Å². The Labute approximate surface area is 326 Å². The summed E-state index contributed by atoms with van der Waals surface area (Å²) in [5, 5.41) is 13.2. The van der Waals surface area contributed by atoms with Crippen LogP contribution in [0.25, 0.3) is 33.3 Å². The molecule has 4 aliphatic rings. The largest absolute Gasteiger partial charge is 0.492 e. The fraction of sp³-hybridized carbons (Fsp3) is 0.475. The number of amides is 2. The molecule has 2 unspecified atom stereocenters. The van der Waals surface area contributed by atoms with Crippen molar-refractivity contribution >= 4 is 50.9 Å². The third kappa shape index (κ3) is 6.55. The van der Waals surface area contributed by atoms with Crippen LogP contribution in [0.1, 0.15) is 38.6 Å². The third-order valence-electron chi connectivity index (χ3n) is 12.2. The molecule has 0 radical (unpaired) electrons. The Morgan fingerprint density at radius 3 is 2.40 bits per heavy atom. The van der Waals surface area contributed by atoms with Gasteiger partial charge in [0, 0.05) is 70.3 Å². The van der Waals surface area contributed by atoms with Crippen LogP contribution in [0.3, 0.4) is 0 Å². The number of likely N-dealkylation sites (tertiary alicyclic amines) is 1. The van der Waals surface area contributed by atoms with Gasteiger partial charge in [-0.15, -0.1) is 5.10 Å². The average Bonchev–Trinajstić information content (AvgIpc) is 3.78. The fourth-order valence-electron chi connectivity index (χ4n) is 8.99. The number of aryl methyl sites for hydroxylation is 1. The lowest BCUT2D eigenvalue weighted by Crippen LogP contribution is -2.44. The van der Waals surface area contributed by atoms with E-state index in [9.17, 15) is 14.4 Å². The summed E-state index contributed by atoms with van der Waals surface area (Å²) in [7, 11) is 5.64. The summed E-state index contributed by atoms with van der Waals surface area (Å²) in [6.07, 6.45) is 7.07. The molecular weight excluding hydrogens is 739 g/mol. The summed E-state index contributed by atoms with van der Waals surface area (Å²) < 4.78 is 47.1. The molecule has 57 heavy (non-hydrogen) atoms. The maximum absolute atomic E-state index is 16.2. The van der Waals surface area contributed by atoms with Gasteiger partial charge in [-0.2, -0.15) is 0 Å². The highest BCUT2D eigenvalue weighted by molar-refractivity contribution is 6.00. The van der Waals surface area contributed by atoms with Crippen molar-refractivity contribution < 1.29 is 22.7 Å². The Balaban J connectivity index is 0.990. The van der Waals surface area contributed by atoms with E-state index in [1.807, 2.05) is 23.4 Å². The van der Waals surface area contributed by atoms with E-state index in [4.69, 9.17) is 9.15 Å². The van der Waals surface area contributed by atoms with Gasteiger partial charge in [-0.1, -0.05) is 5.10 Å². The summed E-state index contributed by atoms with van der Waals surface area (Å²) in [6, 6.07) is 3.37. The number of nitrogens with zero attached hydrogens (tertiary/aromatic N) is 8. The number of aromatic nitrogens is 4. The minimum Gasteiger partial charge on any atom is -0.492 e. The first-order valence-corrected chi connectivity index (χ1v) is 19.7. The topological polar surface area (TPSA) is 146 Å². The second-order valence-corrected chi connectivity index (χ2v) is 15.8. The van der Waals surface area contributed by atoms with Gasteiger partial charge >= 0.3 is 12.0 Å². The van der Waals surface area contributed by atoms with Crippen LogP contribution < -0.4 is 36.0 Å². The van der Waals surface area contributed by atoms with Gasteiger partial charge in [0.2, 0.25) is 10.9 Å². The fourth-order valence-corrected chi connectivity index (χ4v) is 8.99. The molecule has 2 N–H and O–H groups in total. The van der Waals surface area contributed by atoms with Crippen molar-refractivity contribution in [2.75, 3.05) is 87.5 Å². The van der Waals surface area contributed by atoms with Crippen LogP contribution in [-0.4, -0.2) is 108 Å². The predicted molar refractivity (Wildman–Crippen MR) is 214 cm³/mol. The molecule has 4 fully saturated rings. The molecule has 2 amide bonds. The Hall–Kier alpha value is -5.55. The summed E-state index contributed by atoms with van der Waals surface area (Å²) in [5.41, 5.74) is 0.725. The molecule has 9 rings (SSSR count). The number of carbonyl (C=O) groups is 1. The molecule has 3 aromatic heterocycles. The lowest BCUT2D eigenvalue weighted by molar-refractivity contribution is 0.158. The SMILES string of the molecule is CCn1cc(NC(=O)Nc2nnc(-c3cn(C4CC4)c4c(OC)c(N5CC6CCCN(C)C6C5)c(F)cc4c3=O)o2)c(=O)c2cc(F)c(N3CCN(C)CC3)cc21. The number of urea groups is 1. The van der Waals surface area contributed by atoms with E-state index in [1.54, 1.807) is 16.8 Å². The Kier molecular flexibility index (Phi) is 9.38. The first kappa shape index (κ1) is 37.1.